The molecular weight excluding hydrogens is 479 g/mol. The van der Waals surface area contributed by atoms with Crippen LogP contribution in [0.25, 0.3) is 22.3 Å². The molecule has 36 heavy (non-hydrogen) atoms. The van der Waals surface area contributed by atoms with Gasteiger partial charge >= 0.3 is 0 Å². The van der Waals surface area contributed by atoms with Gasteiger partial charge in [0.25, 0.3) is 0 Å². The van der Waals surface area contributed by atoms with Crippen molar-refractivity contribution in [2.24, 2.45) is 11.8 Å². The molecular formula is C28H32ClFN4O2. The highest BCUT2D eigenvalue weighted by atomic mass is 35.5. The molecule has 6 nitrogen and oxygen atoms in total. The van der Waals surface area contributed by atoms with Crippen molar-refractivity contribution in [1.29, 1.82) is 0 Å². The molecule has 2 aliphatic carbocycles. The number of carbonyl (C=O) groups is 1. The van der Waals surface area contributed by atoms with Gasteiger partial charge in [-0.05, 0) is 82.8 Å². The Kier molecular flexibility index (Phi) is 7.13. The normalized spacial score (nSPS) is 20.5. The fraction of sp³-hybridized carbons (Fsp3) is 0.464. The zero-order chi connectivity index (χ0) is 25.4. The first-order valence-corrected chi connectivity index (χ1v) is 13.1. The van der Waals surface area contributed by atoms with E-state index in [-0.39, 0.29) is 22.8 Å². The number of hydrogen-bond donors (Lipinski definition) is 2. The molecule has 0 atom stereocenters. The molecule has 2 N–H and O–H groups in total. The monoisotopic (exact) mass is 510 g/mol. The number of benzene rings is 1. The van der Waals surface area contributed by atoms with Crippen LogP contribution < -0.4 is 5.32 Å². The van der Waals surface area contributed by atoms with Gasteiger partial charge in [-0.1, -0.05) is 18.0 Å². The summed E-state index contributed by atoms with van der Waals surface area (Å²) in [4.78, 5) is 25.0. The molecule has 3 aromatic rings. The first-order valence-electron chi connectivity index (χ1n) is 12.7. The molecule has 0 aliphatic heterocycles. The molecule has 5 rings (SSSR count). The van der Waals surface area contributed by atoms with Crippen molar-refractivity contribution in [2.75, 3.05) is 26.0 Å². The predicted octanol–water partition coefficient (Wildman–Crippen LogP) is 6.31. The Balaban J connectivity index is 1.53. The van der Waals surface area contributed by atoms with Crippen molar-refractivity contribution in [1.82, 2.24) is 14.9 Å². The van der Waals surface area contributed by atoms with Crippen molar-refractivity contribution >= 4 is 34.1 Å². The average Bonchev–Trinajstić information content (AvgIpc) is 2.82. The molecule has 0 bridgehead atoms. The maximum Gasteiger partial charge on any atom is 0.170 e. The van der Waals surface area contributed by atoms with Crippen LogP contribution in [-0.4, -0.2) is 52.4 Å². The summed E-state index contributed by atoms with van der Waals surface area (Å²) in [5.41, 5.74) is 3.51. The minimum Gasteiger partial charge on any atom is -0.504 e. The zero-order valence-electron chi connectivity index (χ0n) is 20.7. The third-order valence-corrected chi connectivity index (χ3v) is 7.87. The van der Waals surface area contributed by atoms with E-state index in [0.717, 1.165) is 57.2 Å². The van der Waals surface area contributed by atoms with E-state index < -0.39 is 11.6 Å². The number of phenolic OH excluding ortho intramolecular Hbond substituents is 1. The summed E-state index contributed by atoms with van der Waals surface area (Å²) in [6, 6.07) is 6.52. The first kappa shape index (κ1) is 24.9. The Labute approximate surface area is 215 Å². The van der Waals surface area contributed by atoms with E-state index in [9.17, 15) is 14.3 Å². The summed E-state index contributed by atoms with van der Waals surface area (Å²) in [7, 11) is 4.23. The lowest BCUT2D eigenvalue weighted by atomic mass is 9.79. The second kappa shape index (κ2) is 10.3. The highest BCUT2D eigenvalue weighted by Crippen LogP contribution is 2.37. The van der Waals surface area contributed by atoms with Crippen LogP contribution >= 0.6 is 11.6 Å². The van der Waals surface area contributed by atoms with Crippen LogP contribution in [0.5, 0.6) is 5.75 Å². The third kappa shape index (κ3) is 5.04. The van der Waals surface area contributed by atoms with Crippen LogP contribution in [0.2, 0.25) is 5.02 Å². The lowest BCUT2D eigenvalue weighted by Crippen LogP contribution is -2.32. The van der Waals surface area contributed by atoms with E-state index in [2.05, 4.69) is 29.3 Å². The highest BCUT2D eigenvalue weighted by molar-refractivity contribution is 6.32. The van der Waals surface area contributed by atoms with Crippen molar-refractivity contribution in [3.05, 3.63) is 46.9 Å². The van der Waals surface area contributed by atoms with E-state index in [1.165, 1.54) is 12.1 Å². The standard InChI is InChI=1S/C28H32ClFN4O2/c1-34(2)15-16-6-8-19(9-7-16)32-25-20(27(35)17-4-3-5-17)14-31-24-11-10-23(33-26(24)25)18-12-21(29)28(36)22(30)13-18/h10-14,16-17,19,36H,3-9,15H2,1-2H3,(H,31,32)/t16-,19-. The Morgan fingerprint density at radius 1 is 1.17 bits per heavy atom. The average molecular weight is 511 g/mol. The molecule has 190 valence electrons. The summed E-state index contributed by atoms with van der Waals surface area (Å²) in [5.74, 6) is -0.552. The fourth-order valence-electron chi connectivity index (χ4n) is 5.37. The number of halogens is 2. The Hall–Kier alpha value is -2.77. The van der Waals surface area contributed by atoms with E-state index >= 15 is 0 Å². The minimum absolute atomic E-state index is 0.0359. The van der Waals surface area contributed by atoms with Crippen LogP contribution in [0.4, 0.5) is 10.1 Å². The Morgan fingerprint density at radius 3 is 2.56 bits per heavy atom. The molecule has 0 amide bonds. The molecule has 2 heterocycles. The van der Waals surface area contributed by atoms with Crippen LogP contribution in [0.3, 0.4) is 0 Å². The number of pyridine rings is 2. The van der Waals surface area contributed by atoms with Gasteiger partial charge in [0, 0.05) is 30.3 Å². The molecule has 2 saturated carbocycles. The van der Waals surface area contributed by atoms with Crippen molar-refractivity contribution < 1.29 is 14.3 Å². The Morgan fingerprint density at radius 2 is 1.92 bits per heavy atom. The number of hydrogen-bond acceptors (Lipinski definition) is 6. The Bertz CT molecular complexity index is 1260. The predicted molar refractivity (Wildman–Crippen MR) is 141 cm³/mol. The molecule has 8 heteroatoms. The fourth-order valence-corrected chi connectivity index (χ4v) is 5.58. The van der Waals surface area contributed by atoms with Crippen LogP contribution in [0.15, 0.2) is 30.5 Å². The van der Waals surface area contributed by atoms with Gasteiger partial charge in [0.05, 0.1) is 27.5 Å². The van der Waals surface area contributed by atoms with Crippen LogP contribution in [0.1, 0.15) is 55.3 Å². The van der Waals surface area contributed by atoms with Gasteiger partial charge in [0.15, 0.2) is 17.3 Å². The first-order chi connectivity index (χ1) is 17.3. The van der Waals surface area contributed by atoms with Crippen LogP contribution in [-0.2, 0) is 0 Å². The molecule has 0 unspecified atom stereocenters. The van der Waals surface area contributed by atoms with E-state index in [4.69, 9.17) is 16.6 Å². The summed E-state index contributed by atoms with van der Waals surface area (Å²) in [5, 5.41) is 13.3. The van der Waals surface area contributed by atoms with E-state index in [0.29, 0.717) is 33.8 Å². The van der Waals surface area contributed by atoms with Gasteiger partial charge in [-0.2, -0.15) is 0 Å². The number of nitrogens with one attached hydrogen (secondary N) is 1. The maximum atomic E-state index is 14.2. The number of Topliss-reactive ketones (excluding diaryl/α,β-unsaturated/α-hetero) is 1. The lowest BCUT2D eigenvalue weighted by molar-refractivity contribution is 0.0855. The van der Waals surface area contributed by atoms with Gasteiger partial charge in [-0.3, -0.25) is 9.78 Å². The molecule has 2 aliphatic rings. The SMILES string of the molecule is CN(C)C[C@H]1CC[C@H](Nc2c(C(=O)C3CCC3)cnc3ccc(-c4cc(F)c(O)c(Cl)c4)nc23)CC1. The van der Waals surface area contributed by atoms with Gasteiger partial charge in [-0.25, -0.2) is 9.37 Å². The summed E-state index contributed by atoms with van der Waals surface area (Å²) in [6.45, 7) is 1.09. The quantitative estimate of drug-likeness (QED) is 0.363. The topological polar surface area (TPSA) is 78.4 Å². The van der Waals surface area contributed by atoms with E-state index in [1.807, 2.05) is 6.07 Å². The lowest BCUT2D eigenvalue weighted by Gasteiger charge is -2.32. The number of aromatic nitrogens is 2. The van der Waals surface area contributed by atoms with Crippen molar-refractivity contribution in [2.45, 2.75) is 51.0 Å². The number of nitrogens with zero attached hydrogens (tertiary/aromatic N) is 3. The molecule has 1 aromatic carbocycles. The van der Waals surface area contributed by atoms with Gasteiger partial charge in [0.1, 0.15) is 5.52 Å². The summed E-state index contributed by atoms with van der Waals surface area (Å²) >= 11 is 6.02. The number of anilines is 1. The largest absolute Gasteiger partial charge is 0.504 e. The number of ketones is 1. The minimum atomic E-state index is -0.806. The molecule has 2 fully saturated rings. The summed E-state index contributed by atoms with van der Waals surface area (Å²) in [6.07, 6.45) is 8.89. The molecule has 0 saturated heterocycles. The van der Waals surface area contributed by atoms with Gasteiger partial charge < -0.3 is 15.3 Å². The van der Waals surface area contributed by atoms with E-state index in [1.54, 1.807) is 12.3 Å². The van der Waals surface area contributed by atoms with Crippen molar-refractivity contribution in [3.63, 3.8) is 0 Å². The number of phenols is 1. The van der Waals surface area contributed by atoms with Gasteiger partial charge in [0.2, 0.25) is 0 Å². The second-order valence-corrected chi connectivity index (χ2v) is 10.9. The zero-order valence-corrected chi connectivity index (χ0v) is 21.5. The summed E-state index contributed by atoms with van der Waals surface area (Å²) < 4.78 is 14.2. The smallest absolute Gasteiger partial charge is 0.170 e. The molecule has 2 aromatic heterocycles. The van der Waals surface area contributed by atoms with Crippen molar-refractivity contribution in [3.8, 4) is 17.0 Å². The number of fused-ring (bicyclic) bond motifs is 1. The van der Waals surface area contributed by atoms with Crippen LogP contribution in [0, 0.1) is 17.7 Å². The number of carbonyl (C=O) groups excluding carboxylic acids is 1. The number of aromatic hydroxyl groups is 1. The molecule has 0 radical (unpaired) electrons. The second-order valence-electron chi connectivity index (χ2n) is 10.5. The van der Waals surface area contributed by atoms with Gasteiger partial charge in [-0.15, -0.1) is 0 Å². The third-order valence-electron chi connectivity index (χ3n) is 7.59. The molecule has 0 spiro atoms. The maximum absolute atomic E-state index is 14.2. The number of rotatable bonds is 7. The highest BCUT2D eigenvalue weighted by Gasteiger charge is 2.30.